The Morgan fingerprint density at radius 1 is 1.48 bits per heavy atom. The van der Waals surface area contributed by atoms with Gasteiger partial charge in [-0.25, -0.2) is 9.18 Å². The van der Waals surface area contributed by atoms with Crippen molar-refractivity contribution in [3.8, 4) is 0 Å². The van der Waals surface area contributed by atoms with Gasteiger partial charge in [-0.05, 0) is 43.5 Å². The summed E-state index contributed by atoms with van der Waals surface area (Å²) in [7, 11) is 0. The number of carbonyl (C=O) groups excluding carboxylic acids is 1. The van der Waals surface area contributed by atoms with Crippen LogP contribution in [0.3, 0.4) is 0 Å². The SMILES string of the molecule is CCOC(=O)N1CCC(NCc2cc(F)ccc2Cl)CC1. The second kappa shape index (κ2) is 7.61. The molecule has 1 saturated heterocycles. The van der Waals surface area contributed by atoms with Gasteiger partial charge in [-0.15, -0.1) is 0 Å². The minimum atomic E-state index is -0.284. The molecule has 1 aliphatic heterocycles. The molecule has 6 heteroatoms. The van der Waals surface area contributed by atoms with Crippen LogP contribution in [0.1, 0.15) is 25.3 Å². The van der Waals surface area contributed by atoms with Crippen LogP contribution in [-0.2, 0) is 11.3 Å². The van der Waals surface area contributed by atoms with E-state index in [0.717, 1.165) is 18.4 Å². The molecule has 1 amide bonds. The van der Waals surface area contributed by atoms with Crippen molar-refractivity contribution in [3.05, 3.63) is 34.6 Å². The second-order valence-electron chi connectivity index (χ2n) is 5.08. The zero-order valence-electron chi connectivity index (χ0n) is 12.1. The predicted octanol–water partition coefficient (Wildman–Crippen LogP) is 3.19. The van der Waals surface area contributed by atoms with E-state index in [9.17, 15) is 9.18 Å². The number of ether oxygens (including phenoxy) is 1. The molecule has 0 atom stereocenters. The highest BCUT2D eigenvalue weighted by Gasteiger charge is 2.23. The standard InChI is InChI=1S/C15H20ClFN2O2/c1-2-21-15(20)19-7-5-13(6-8-19)18-10-11-9-12(17)3-4-14(11)16/h3-4,9,13,18H,2,5-8,10H2,1H3. The summed E-state index contributed by atoms with van der Waals surface area (Å²) in [5, 5.41) is 3.93. The minimum Gasteiger partial charge on any atom is -0.450 e. The Morgan fingerprint density at radius 2 is 2.19 bits per heavy atom. The van der Waals surface area contributed by atoms with Crippen LogP contribution in [-0.4, -0.2) is 36.7 Å². The average Bonchev–Trinajstić information content (AvgIpc) is 2.49. The van der Waals surface area contributed by atoms with E-state index in [1.54, 1.807) is 17.9 Å². The van der Waals surface area contributed by atoms with Gasteiger partial charge in [0.1, 0.15) is 5.82 Å². The summed E-state index contributed by atoms with van der Waals surface area (Å²) in [5.41, 5.74) is 0.754. The zero-order chi connectivity index (χ0) is 15.2. The van der Waals surface area contributed by atoms with Crippen LogP contribution in [0.15, 0.2) is 18.2 Å². The number of hydrogen-bond acceptors (Lipinski definition) is 3. The molecule has 1 N–H and O–H groups in total. The lowest BCUT2D eigenvalue weighted by molar-refractivity contribution is 0.0950. The molecule has 1 heterocycles. The highest BCUT2D eigenvalue weighted by atomic mass is 35.5. The van der Waals surface area contributed by atoms with Crippen LogP contribution < -0.4 is 5.32 Å². The molecule has 0 radical (unpaired) electrons. The molecule has 1 aromatic rings. The number of piperidine rings is 1. The highest BCUT2D eigenvalue weighted by Crippen LogP contribution is 2.18. The topological polar surface area (TPSA) is 41.6 Å². The number of nitrogens with zero attached hydrogens (tertiary/aromatic N) is 1. The van der Waals surface area contributed by atoms with Crippen molar-refractivity contribution in [1.82, 2.24) is 10.2 Å². The Balaban J connectivity index is 1.79. The van der Waals surface area contributed by atoms with Gasteiger partial charge in [-0.1, -0.05) is 11.6 Å². The molecule has 21 heavy (non-hydrogen) atoms. The van der Waals surface area contributed by atoms with Crippen molar-refractivity contribution in [2.24, 2.45) is 0 Å². The van der Waals surface area contributed by atoms with E-state index >= 15 is 0 Å². The summed E-state index contributed by atoms with van der Waals surface area (Å²) in [6.07, 6.45) is 1.46. The molecule has 1 aromatic carbocycles. The molecular formula is C15H20ClFN2O2. The van der Waals surface area contributed by atoms with Crippen LogP contribution in [0.4, 0.5) is 9.18 Å². The average molecular weight is 315 g/mol. The maximum Gasteiger partial charge on any atom is 0.409 e. The van der Waals surface area contributed by atoms with Crippen molar-refractivity contribution in [2.45, 2.75) is 32.4 Å². The first-order valence-electron chi connectivity index (χ1n) is 7.19. The van der Waals surface area contributed by atoms with Crippen molar-refractivity contribution in [1.29, 1.82) is 0 Å². The number of hydrogen-bond donors (Lipinski definition) is 1. The molecule has 0 spiro atoms. The molecule has 0 aliphatic carbocycles. The number of likely N-dealkylation sites (tertiary alicyclic amines) is 1. The van der Waals surface area contributed by atoms with E-state index in [1.165, 1.54) is 12.1 Å². The molecule has 0 aromatic heterocycles. The molecule has 1 fully saturated rings. The first-order valence-corrected chi connectivity index (χ1v) is 7.57. The fraction of sp³-hybridized carbons (Fsp3) is 0.533. The zero-order valence-corrected chi connectivity index (χ0v) is 12.8. The van der Waals surface area contributed by atoms with Crippen molar-refractivity contribution in [2.75, 3.05) is 19.7 Å². The summed E-state index contributed by atoms with van der Waals surface area (Å²) in [6, 6.07) is 4.67. The minimum absolute atomic E-state index is 0.246. The number of amides is 1. The maximum atomic E-state index is 13.2. The summed E-state index contributed by atoms with van der Waals surface area (Å²) >= 11 is 6.04. The Labute approximate surface area is 129 Å². The lowest BCUT2D eigenvalue weighted by atomic mass is 10.0. The second-order valence-corrected chi connectivity index (χ2v) is 5.48. The number of halogens is 2. The Morgan fingerprint density at radius 3 is 2.86 bits per heavy atom. The molecule has 4 nitrogen and oxygen atoms in total. The molecule has 0 saturated carbocycles. The molecule has 2 rings (SSSR count). The van der Waals surface area contributed by atoms with Gasteiger partial charge in [0.2, 0.25) is 0 Å². The van der Waals surface area contributed by atoms with E-state index < -0.39 is 0 Å². The van der Waals surface area contributed by atoms with E-state index in [0.29, 0.717) is 37.3 Å². The van der Waals surface area contributed by atoms with Crippen molar-refractivity contribution in [3.63, 3.8) is 0 Å². The fourth-order valence-electron chi connectivity index (χ4n) is 2.41. The van der Waals surface area contributed by atoms with Crippen molar-refractivity contribution < 1.29 is 13.9 Å². The molecule has 116 valence electrons. The maximum absolute atomic E-state index is 13.2. The summed E-state index contributed by atoms with van der Waals surface area (Å²) in [6.45, 7) is 4.07. The fourth-order valence-corrected chi connectivity index (χ4v) is 2.60. The smallest absolute Gasteiger partial charge is 0.409 e. The van der Waals surface area contributed by atoms with Crippen LogP contribution >= 0.6 is 11.6 Å². The van der Waals surface area contributed by atoms with Gasteiger partial charge in [0.25, 0.3) is 0 Å². The number of rotatable bonds is 4. The van der Waals surface area contributed by atoms with E-state index in [2.05, 4.69) is 5.32 Å². The van der Waals surface area contributed by atoms with Crippen LogP contribution in [0, 0.1) is 5.82 Å². The molecule has 0 bridgehead atoms. The third-order valence-corrected chi connectivity index (χ3v) is 3.98. The Hall–Kier alpha value is -1.33. The molecule has 0 unspecified atom stereocenters. The first-order chi connectivity index (χ1) is 10.1. The third kappa shape index (κ3) is 4.58. The van der Waals surface area contributed by atoms with Crippen LogP contribution in [0.5, 0.6) is 0 Å². The molecular weight excluding hydrogens is 295 g/mol. The van der Waals surface area contributed by atoms with Gasteiger partial charge in [-0.2, -0.15) is 0 Å². The summed E-state index contributed by atoms with van der Waals surface area (Å²) in [5.74, 6) is -0.284. The van der Waals surface area contributed by atoms with Gasteiger partial charge in [0.05, 0.1) is 6.61 Å². The van der Waals surface area contributed by atoms with Gasteiger partial charge < -0.3 is 15.0 Å². The lowest BCUT2D eigenvalue weighted by Gasteiger charge is -2.31. The number of nitrogens with one attached hydrogen (secondary N) is 1. The summed E-state index contributed by atoms with van der Waals surface area (Å²) < 4.78 is 18.2. The summed E-state index contributed by atoms with van der Waals surface area (Å²) in [4.78, 5) is 13.3. The Kier molecular flexibility index (Phi) is 5.82. The first kappa shape index (κ1) is 16.0. The normalized spacial score (nSPS) is 16.0. The monoisotopic (exact) mass is 314 g/mol. The molecule has 1 aliphatic rings. The van der Waals surface area contributed by atoms with Crippen LogP contribution in [0.2, 0.25) is 5.02 Å². The van der Waals surface area contributed by atoms with Gasteiger partial charge in [0, 0.05) is 30.7 Å². The van der Waals surface area contributed by atoms with Gasteiger partial charge >= 0.3 is 6.09 Å². The van der Waals surface area contributed by atoms with Crippen molar-refractivity contribution >= 4 is 17.7 Å². The number of carbonyl (C=O) groups is 1. The van der Waals surface area contributed by atoms with E-state index in [1.807, 2.05) is 0 Å². The Bertz CT molecular complexity index is 491. The largest absolute Gasteiger partial charge is 0.450 e. The van der Waals surface area contributed by atoms with Gasteiger partial charge in [0.15, 0.2) is 0 Å². The van der Waals surface area contributed by atoms with Gasteiger partial charge in [-0.3, -0.25) is 0 Å². The quantitative estimate of drug-likeness (QED) is 0.928. The number of benzene rings is 1. The lowest BCUT2D eigenvalue weighted by Crippen LogP contribution is -2.44. The third-order valence-electron chi connectivity index (χ3n) is 3.61. The van der Waals surface area contributed by atoms with Crippen LogP contribution in [0.25, 0.3) is 0 Å². The predicted molar refractivity (Wildman–Crippen MR) is 79.9 cm³/mol. The highest BCUT2D eigenvalue weighted by molar-refractivity contribution is 6.31. The van der Waals surface area contributed by atoms with E-state index in [-0.39, 0.29) is 11.9 Å². The van der Waals surface area contributed by atoms with E-state index in [4.69, 9.17) is 16.3 Å².